The van der Waals surface area contributed by atoms with E-state index < -0.39 is 0 Å². The summed E-state index contributed by atoms with van der Waals surface area (Å²) in [6, 6.07) is 26.6. The molecule has 2 saturated carbocycles. The lowest BCUT2D eigenvalue weighted by atomic mass is 9.68. The molecule has 0 N–H and O–H groups in total. The lowest BCUT2D eigenvalue weighted by Gasteiger charge is -2.35. The number of carbonyl (C=O) groups is 2. The Hall–Kier alpha value is -3.26. The molecule has 1 unspecified atom stereocenters. The number of fused-ring (bicyclic) bond motifs is 1. The van der Waals surface area contributed by atoms with Crippen LogP contribution >= 0.6 is 0 Å². The summed E-state index contributed by atoms with van der Waals surface area (Å²) < 4.78 is 0. The van der Waals surface area contributed by atoms with E-state index in [1.807, 2.05) is 36.4 Å². The molecule has 0 bridgehead atoms. The average Bonchev–Trinajstić information content (AvgIpc) is 3.78. The van der Waals surface area contributed by atoms with Crippen LogP contribution in [0.25, 0.3) is 11.1 Å². The average molecular weight is 461 g/mol. The van der Waals surface area contributed by atoms with Crippen LogP contribution in [0, 0.1) is 11.8 Å². The normalized spacial score (nSPS) is 20.4. The summed E-state index contributed by atoms with van der Waals surface area (Å²) in [5.41, 5.74) is 7.75. The van der Waals surface area contributed by atoms with Crippen molar-refractivity contribution in [1.82, 2.24) is 0 Å². The molecule has 0 heterocycles. The number of hydrogen-bond donors (Lipinski definition) is 0. The lowest BCUT2D eigenvalue weighted by Crippen LogP contribution is -2.23. The van der Waals surface area contributed by atoms with Gasteiger partial charge in [-0.15, -0.1) is 0 Å². The van der Waals surface area contributed by atoms with Crippen molar-refractivity contribution in [1.29, 1.82) is 0 Å². The van der Waals surface area contributed by atoms with Gasteiger partial charge in [0.1, 0.15) is 0 Å². The number of Topliss-reactive ketones (excluding diaryl/α,β-unsaturated/α-hetero) is 2. The first-order chi connectivity index (χ1) is 17.2. The molecule has 3 aromatic carbocycles. The van der Waals surface area contributed by atoms with Crippen molar-refractivity contribution >= 4 is 22.7 Å². The largest absolute Gasteiger partial charge is 0.294 e. The highest BCUT2D eigenvalue weighted by Crippen LogP contribution is 2.50. The summed E-state index contributed by atoms with van der Waals surface area (Å²) in [4.78, 5) is 27.0. The van der Waals surface area contributed by atoms with Crippen LogP contribution in [0.15, 0.2) is 78.9 Å². The van der Waals surface area contributed by atoms with Gasteiger partial charge >= 0.3 is 0 Å². The molecule has 0 amide bonds. The Morgan fingerprint density at radius 2 is 1.34 bits per heavy atom. The molecule has 35 heavy (non-hydrogen) atoms. The van der Waals surface area contributed by atoms with Gasteiger partial charge in [-0.05, 0) is 71.9 Å². The van der Waals surface area contributed by atoms with Crippen molar-refractivity contribution in [3.05, 3.63) is 107 Å². The highest BCUT2D eigenvalue weighted by atomic mass is 16.1. The van der Waals surface area contributed by atoms with Crippen molar-refractivity contribution in [2.75, 3.05) is 0 Å². The quantitative estimate of drug-likeness (QED) is 0.348. The van der Waals surface area contributed by atoms with Gasteiger partial charge in [-0.2, -0.15) is 0 Å². The van der Waals surface area contributed by atoms with Crippen molar-refractivity contribution in [3.63, 3.8) is 0 Å². The zero-order chi connectivity index (χ0) is 23.8. The van der Waals surface area contributed by atoms with E-state index in [0.29, 0.717) is 12.3 Å². The smallest absolute Gasteiger partial charge is 0.170 e. The van der Waals surface area contributed by atoms with Crippen LogP contribution in [-0.4, -0.2) is 11.6 Å². The Bertz CT molecular complexity index is 1280. The molecule has 3 aromatic rings. The molecule has 2 nitrogen and oxygen atoms in total. The van der Waals surface area contributed by atoms with E-state index in [4.69, 9.17) is 0 Å². The van der Waals surface area contributed by atoms with Gasteiger partial charge in [-0.1, -0.05) is 92.1 Å². The highest BCUT2D eigenvalue weighted by molar-refractivity contribution is 6.08. The molecule has 3 aliphatic rings. The maximum atomic E-state index is 13.9. The van der Waals surface area contributed by atoms with E-state index in [9.17, 15) is 9.59 Å². The minimum absolute atomic E-state index is 0.152. The third-order valence-corrected chi connectivity index (χ3v) is 8.19. The van der Waals surface area contributed by atoms with Gasteiger partial charge in [0.2, 0.25) is 0 Å². The Morgan fingerprint density at radius 3 is 2.03 bits per heavy atom. The van der Waals surface area contributed by atoms with E-state index in [0.717, 1.165) is 29.5 Å². The third-order valence-electron chi connectivity index (χ3n) is 8.19. The van der Waals surface area contributed by atoms with Crippen LogP contribution in [0.1, 0.15) is 94.7 Å². The molecule has 2 heteroatoms. The van der Waals surface area contributed by atoms with Gasteiger partial charge in [0, 0.05) is 17.0 Å². The van der Waals surface area contributed by atoms with E-state index in [1.165, 1.54) is 54.4 Å². The monoisotopic (exact) mass is 460 g/mol. The number of carbonyl (C=O) groups excluding carboxylic acids is 2. The number of rotatable bonds is 6. The molecular weight excluding hydrogens is 428 g/mol. The van der Waals surface area contributed by atoms with E-state index in [-0.39, 0.29) is 23.4 Å². The zero-order valence-corrected chi connectivity index (χ0v) is 20.2. The lowest BCUT2D eigenvalue weighted by molar-refractivity contribution is 0.0951. The maximum Gasteiger partial charge on any atom is 0.170 e. The van der Waals surface area contributed by atoms with Crippen molar-refractivity contribution in [3.8, 4) is 0 Å². The van der Waals surface area contributed by atoms with Crippen LogP contribution in [-0.2, 0) is 0 Å². The van der Waals surface area contributed by atoms with Crippen molar-refractivity contribution in [2.45, 2.75) is 57.3 Å². The number of hydrogen-bond acceptors (Lipinski definition) is 2. The van der Waals surface area contributed by atoms with Gasteiger partial charge in [0.15, 0.2) is 11.6 Å². The summed E-state index contributed by atoms with van der Waals surface area (Å²) in [5.74, 6) is 0.806. The summed E-state index contributed by atoms with van der Waals surface area (Å²) in [7, 11) is 0. The van der Waals surface area contributed by atoms with E-state index in [1.54, 1.807) is 0 Å². The molecule has 0 radical (unpaired) electrons. The topological polar surface area (TPSA) is 34.1 Å². The Kier molecular flexibility index (Phi) is 5.98. The molecule has 176 valence electrons. The first kappa shape index (κ1) is 22.2. The first-order valence-electron chi connectivity index (χ1n) is 13.3. The molecular formula is C33H32O2. The Labute approximate surface area is 208 Å². The fourth-order valence-corrected chi connectivity index (χ4v) is 6.23. The standard InChI is InChI=1S/C33H32O2/c34-32(25-16-17-25)26-18-19-27-29(20-26)30(33(35)24-14-8-3-9-15-24)21-28(22-10-4-1-5-11-22)31(27)23-12-6-2-7-13-23/h1,3-5,8-11,14-15,18-20,23,25,30H,2,6-7,12-13,16-17,21H2. The van der Waals surface area contributed by atoms with Crippen LogP contribution in [0.4, 0.5) is 0 Å². The minimum atomic E-state index is -0.276. The van der Waals surface area contributed by atoms with Crippen molar-refractivity contribution < 1.29 is 9.59 Å². The van der Waals surface area contributed by atoms with Crippen LogP contribution in [0.3, 0.4) is 0 Å². The molecule has 0 saturated heterocycles. The highest BCUT2D eigenvalue weighted by Gasteiger charge is 2.37. The number of allylic oxidation sites excluding steroid dienone is 2. The molecule has 0 aliphatic heterocycles. The minimum Gasteiger partial charge on any atom is -0.294 e. The Morgan fingerprint density at radius 1 is 0.657 bits per heavy atom. The van der Waals surface area contributed by atoms with Crippen molar-refractivity contribution in [2.24, 2.45) is 11.8 Å². The molecule has 1 atom stereocenters. The van der Waals surface area contributed by atoms with Gasteiger partial charge < -0.3 is 0 Å². The van der Waals surface area contributed by atoms with Crippen LogP contribution in [0.5, 0.6) is 0 Å². The van der Waals surface area contributed by atoms with Gasteiger partial charge in [-0.3, -0.25) is 9.59 Å². The fraction of sp³-hybridized carbons (Fsp3) is 0.333. The summed E-state index contributed by atoms with van der Waals surface area (Å²) >= 11 is 0. The maximum absolute atomic E-state index is 13.9. The second-order valence-corrected chi connectivity index (χ2v) is 10.5. The van der Waals surface area contributed by atoms with Gasteiger partial charge in [0.25, 0.3) is 0 Å². The second kappa shape index (κ2) is 9.41. The molecule has 6 rings (SSSR count). The summed E-state index contributed by atoms with van der Waals surface area (Å²) in [5, 5.41) is 0. The van der Waals surface area contributed by atoms with Crippen LogP contribution < -0.4 is 0 Å². The first-order valence-corrected chi connectivity index (χ1v) is 13.3. The van der Waals surface area contributed by atoms with Crippen LogP contribution in [0.2, 0.25) is 0 Å². The molecule has 2 fully saturated rings. The molecule has 0 aromatic heterocycles. The predicted octanol–water partition coefficient (Wildman–Crippen LogP) is 8.14. The van der Waals surface area contributed by atoms with Gasteiger partial charge in [0.05, 0.1) is 5.92 Å². The second-order valence-electron chi connectivity index (χ2n) is 10.5. The summed E-state index contributed by atoms with van der Waals surface area (Å²) in [6.45, 7) is 0. The number of benzene rings is 3. The molecule has 0 spiro atoms. The zero-order valence-electron chi connectivity index (χ0n) is 20.2. The summed E-state index contributed by atoms with van der Waals surface area (Å²) in [6.07, 6.45) is 8.91. The predicted molar refractivity (Wildman–Crippen MR) is 141 cm³/mol. The SMILES string of the molecule is O=C(c1ccc2c(c1)C(C(=O)c1ccccc1)CC(c1ccccc1)=C2C1CCCCC1)C1CC1. The van der Waals surface area contributed by atoms with E-state index in [2.05, 4.69) is 42.5 Å². The Balaban J connectivity index is 1.54. The molecule has 3 aliphatic carbocycles. The van der Waals surface area contributed by atoms with Gasteiger partial charge in [-0.25, -0.2) is 0 Å². The van der Waals surface area contributed by atoms with E-state index >= 15 is 0 Å². The number of ketones is 2. The fourth-order valence-electron chi connectivity index (χ4n) is 6.23. The third kappa shape index (κ3) is 4.31.